The number of aryl methyl sites for hydroxylation is 1. The topological polar surface area (TPSA) is 75.4 Å². The van der Waals surface area contributed by atoms with Crippen molar-refractivity contribution in [1.29, 1.82) is 0 Å². The van der Waals surface area contributed by atoms with E-state index in [1.54, 1.807) is 42.9 Å². The van der Waals surface area contributed by atoms with E-state index in [0.29, 0.717) is 42.1 Å². The second-order valence-electron chi connectivity index (χ2n) is 7.44. The maximum atomic E-state index is 13.0. The number of carbonyl (C=O) groups excluding carboxylic acids is 2. The summed E-state index contributed by atoms with van der Waals surface area (Å²) >= 11 is 12.7. The molecule has 8 heteroatoms. The monoisotopic (exact) mass is 457 g/mol. The van der Waals surface area contributed by atoms with Gasteiger partial charge < -0.3 is 14.6 Å². The summed E-state index contributed by atoms with van der Waals surface area (Å²) in [6.07, 6.45) is 9.90. The summed E-state index contributed by atoms with van der Waals surface area (Å²) in [4.78, 5) is 31.5. The van der Waals surface area contributed by atoms with Crippen LogP contribution in [0.15, 0.2) is 77.4 Å². The number of aliphatic hydroxyl groups is 1. The van der Waals surface area contributed by atoms with Crippen molar-refractivity contribution in [2.24, 2.45) is 0 Å². The summed E-state index contributed by atoms with van der Waals surface area (Å²) in [5, 5.41) is 11.1. The molecule has 1 N–H and O–H groups in total. The number of benzene rings is 1. The number of alkyl halides is 1. The minimum Gasteiger partial charge on any atom is -0.507 e. The second-order valence-corrected chi connectivity index (χ2v) is 8.41. The van der Waals surface area contributed by atoms with Crippen LogP contribution in [0.25, 0.3) is 5.76 Å². The number of hydrogen-bond donors (Lipinski definition) is 1. The van der Waals surface area contributed by atoms with Gasteiger partial charge in [-0.15, -0.1) is 11.6 Å². The number of nitrogens with zero attached hydrogens (tertiary/aromatic N) is 3. The summed E-state index contributed by atoms with van der Waals surface area (Å²) in [6, 6.07) is 7.95. The summed E-state index contributed by atoms with van der Waals surface area (Å²) in [7, 11) is 0. The largest absolute Gasteiger partial charge is 0.507 e. The van der Waals surface area contributed by atoms with Crippen LogP contribution in [0.3, 0.4) is 0 Å². The first-order valence-electron chi connectivity index (χ1n) is 9.98. The highest BCUT2D eigenvalue weighted by Gasteiger charge is 2.47. The number of imidazole rings is 1. The van der Waals surface area contributed by atoms with Crippen LogP contribution in [0, 0.1) is 0 Å². The van der Waals surface area contributed by atoms with Gasteiger partial charge in [-0.05, 0) is 24.5 Å². The first-order chi connectivity index (χ1) is 15.0. The molecule has 4 rings (SSSR count). The van der Waals surface area contributed by atoms with Gasteiger partial charge in [-0.1, -0.05) is 48.0 Å². The van der Waals surface area contributed by atoms with Crippen LogP contribution in [0.1, 0.15) is 18.4 Å². The highest BCUT2D eigenvalue weighted by molar-refractivity contribution is 6.47. The summed E-state index contributed by atoms with van der Waals surface area (Å²) in [5.74, 6) is -1.57. The number of likely N-dealkylation sites (tertiary alicyclic amines) is 1. The number of carbonyl (C=O) groups is 2. The second kappa shape index (κ2) is 9.12. The van der Waals surface area contributed by atoms with E-state index in [1.807, 2.05) is 22.9 Å². The fourth-order valence-corrected chi connectivity index (χ4v) is 4.54. The highest BCUT2D eigenvalue weighted by atomic mass is 35.5. The van der Waals surface area contributed by atoms with Crippen LogP contribution in [0.2, 0.25) is 0 Å². The van der Waals surface area contributed by atoms with Crippen molar-refractivity contribution < 1.29 is 14.7 Å². The number of amides is 1. The van der Waals surface area contributed by atoms with Crippen LogP contribution in [0.5, 0.6) is 0 Å². The third-order valence-corrected chi connectivity index (χ3v) is 6.07. The molecule has 1 aromatic heterocycles. The molecule has 160 valence electrons. The van der Waals surface area contributed by atoms with Crippen molar-refractivity contribution >= 4 is 40.7 Å². The first-order valence-corrected chi connectivity index (χ1v) is 10.8. The molecule has 6 nitrogen and oxygen atoms in total. The predicted octanol–water partition coefficient (Wildman–Crippen LogP) is 4.08. The molecule has 2 aromatic rings. The molecule has 0 radical (unpaired) electrons. The smallest absolute Gasteiger partial charge is 0.295 e. The van der Waals surface area contributed by atoms with E-state index in [1.165, 1.54) is 4.90 Å². The van der Waals surface area contributed by atoms with Crippen LogP contribution in [-0.2, 0) is 16.1 Å². The third kappa shape index (κ3) is 4.31. The Balaban J connectivity index is 1.72. The SMILES string of the molecule is O=C1C(=O)N(CCCn2ccnc2)C(C2=CCC(Cl)C=C2Cl)C1=C(O)c1ccccc1. The Morgan fingerprint density at radius 1 is 1.19 bits per heavy atom. The molecular formula is C23H21Cl2N3O3. The van der Waals surface area contributed by atoms with E-state index in [-0.39, 0.29) is 16.7 Å². The zero-order valence-corrected chi connectivity index (χ0v) is 18.1. The molecule has 2 unspecified atom stereocenters. The Labute approximate surface area is 190 Å². The molecule has 0 spiro atoms. The van der Waals surface area contributed by atoms with Crippen molar-refractivity contribution in [3.63, 3.8) is 0 Å². The molecule has 31 heavy (non-hydrogen) atoms. The van der Waals surface area contributed by atoms with Gasteiger partial charge >= 0.3 is 0 Å². The van der Waals surface area contributed by atoms with E-state index in [2.05, 4.69) is 4.98 Å². The van der Waals surface area contributed by atoms with Gasteiger partial charge in [0.2, 0.25) is 0 Å². The Hall–Kier alpha value is -2.83. The van der Waals surface area contributed by atoms with E-state index < -0.39 is 17.7 Å². The van der Waals surface area contributed by atoms with Gasteiger partial charge in [0, 0.05) is 36.1 Å². The van der Waals surface area contributed by atoms with Crippen molar-refractivity contribution in [3.05, 3.63) is 82.9 Å². The summed E-state index contributed by atoms with van der Waals surface area (Å²) in [6.45, 7) is 0.964. The molecule has 2 heterocycles. The number of aliphatic hydroxyl groups excluding tert-OH is 1. The lowest BCUT2D eigenvalue weighted by Gasteiger charge is -2.29. The predicted molar refractivity (Wildman–Crippen MR) is 120 cm³/mol. The Kier molecular flexibility index (Phi) is 6.30. The summed E-state index contributed by atoms with van der Waals surface area (Å²) in [5.41, 5.74) is 1.12. The minimum absolute atomic E-state index is 0.0460. The third-order valence-electron chi connectivity index (χ3n) is 5.42. The molecular weight excluding hydrogens is 437 g/mol. The molecule has 1 aliphatic heterocycles. The van der Waals surface area contributed by atoms with E-state index >= 15 is 0 Å². The molecule has 1 aliphatic carbocycles. The highest BCUT2D eigenvalue weighted by Crippen LogP contribution is 2.39. The Morgan fingerprint density at radius 2 is 1.97 bits per heavy atom. The van der Waals surface area contributed by atoms with Crippen molar-refractivity contribution in [1.82, 2.24) is 14.5 Å². The van der Waals surface area contributed by atoms with E-state index in [4.69, 9.17) is 23.2 Å². The van der Waals surface area contributed by atoms with Gasteiger partial charge in [-0.25, -0.2) is 4.98 Å². The zero-order chi connectivity index (χ0) is 22.0. The van der Waals surface area contributed by atoms with Crippen molar-refractivity contribution in [3.8, 4) is 0 Å². The van der Waals surface area contributed by atoms with Crippen molar-refractivity contribution in [2.45, 2.75) is 30.8 Å². The van der Waals surface area contributed by atoms with Crippen LogP contribution in [-0.4, -0.2) is 49.2 Å². The van der Waals surface area contributed by atoms with Gasteiger partial charge in [0.1, 0.15) is 5.76 Å². The average molecular weight is 458 g/mol. The molecule has 1 fully saturated rings. The van der Waals surface area contributed by atoms with E-state index in [9.17, 15) is 14.7 Å². The van der Waals surface area contributed by atoms with Gasteiger partial charge in [0.15, 0.2) is 0 Å². The lowest BCUT2D eigenvalue weighted by Crippen LogP contribution is -2.37. The number of rotatable bonds is 6. The summed E-state index contributed by atoms with van der Waals surface area (Å²) < 4.78 is 1.90. The lowest BCUT2D eigenvalue weighted by molar-refractivity contribution is -0.139. The van der Waals surface area contributed by atoms with Gasteiger partial charge in [0.05, 0.1) is 23.3 Å². The number of allylic oxidation sites excluding steroid dienone is 2. The van der Waals surface area contributed by atoms with Crippen LogP contribution < -0.4 is 0 Å². The quantitative estimate of drug-likeness (QED) is 0.306. The lowest BCUT2D eigenvalue weighted by atomic mass is 9.91. The number of Topliss-reactive ketones (excluding diaryl/α,β-unsaturated/α-hetero) is 1. The fourth-order valence-electron chi connectivity index (χ4n) is 3.93. The van der Waals surface area contributed by atoms with E-state index in [0.717, 1.165) is 0 Å². The minimum atomic E-state index is -0.768. The molecule has 1 amide bonds. The van der Waals surface area contributed by atoms with Gasteiger partial charge in [0.25, 0.3) is 11.7 Å². The van der Waals surface area contributed by atoms with Gasteiger partial charge in [-0.3, -0.25) is 9.59 Å². The maximum Gasteiger partial charge on any atom is 0.295 e. The Morgan fingerprint density at radius 3 is 2.65 bits per heavy atom. The molecule has 2 atom stereocenters. The average Bonchev–Trinajstić information content (AvgIpc) is 3.36. The zero-order valence-electron chi connectivity index (χ0n) is 16.6. The number of hydrogen-bond acceptors (Lipinski definition) is 4. The number of ketones is 1. The first kappa shape index (κ1) is 21.4. The standard InChI is InChI=1S/C23H21Cl2N3O3/c24-16-7-8-17(18(25)13-16)20-19(21(29)15-5-2-1-3-6-15)22(30)23(31)28(20)11-4-10-27-12-9-26-14-27/h1-3,5-6,8-9,12-14,16,20,29H,4,7,10-11H2. The number of aromatic nitrogens is 2. The van der Waals surface area contributed by atoms with Crippen LogP contribution in [0.4, 0.5) is 0 Å². The molecule has 0 bridgehead atoms. The Bertz CT molecular complexity index is 1070. The normalized spacial score (nSPS) is 23.1. The molecule has 2 aliphatic rings. The van der Waals surface area contributed by atoms with Crippen LogP contribution >= 0.6 is 23.2 Å². The fraction of sp³-hybridized carbons (Fsp3) is 0.261. The maximum absolute atomic E-state index is 13.0. The van der Waals surface area contributed by atoms with Gasteiger partial charge in [-0.2, -0.15) is 0 Å². The number of halogens is 2. The molecule has 1 aromatic carbocycles. The molecule has 1 saturated heterocycles. The molecule has 0 saturated carbocycles. The van der Waals surface area contributed by atoms with Crippen molar-refractivity contribution in [2.75, 3.05) is 6.54 Å².